The van der Waals surface area contributed by atoms with Crippen LogP contribution in [0.3, 0.4) is 0 Å². The van der Waals surface area contributed by atoms with E-state index < -0.39 is 12.1 Å². The molecule has 4 bridgehead atoms. The summed E-state index contributed by atoms with van der Waals surface area (Å²) in [4.78, 5) is 27.3. The van der Waals surface area contributed by atoms with Crippen LogP contribution < -0.4 is 19.7 Å². The number of carboxylic acids is 1. The number of halogens is 3. The Kier molecular flexibility index (Phi) is 6.95. The fourth-order valence-electron chi connectivity index (χ4n) is 7.60. The van der Waals surface area contributed by atoms with Crippen molar-refractivity contribution in [2.45, 2.75) is 63.2 Å². The van der Waals surface area contributed by atoms with Crippen LogP contribution in [0.15, 0.2) is 24.4 Å². The number of H-pyrrole nitrogens is 1. The second-order valence-corrected chi connectivity index (χ2v) is 11.6. The first kappa shape index (κ1) is 26.0. The molecule has 1 aliphatic heterocycles. The standard InChI is InChI=1S/C24H32N4O2.C2HF3O2.H2/c29-15-16-4-6-27(13-16)14-20-21-3-1-2-5-28(21)22(25-20)23(30)26-24-10-17-7-18(11-24)9-19(8-17)12-24;3-2(4,5)1(6)7;/h1-3,5,16-19,29H,4,6-15H2,(H,26,30);(H,6,7);1H/p+1/t16-,17?,18?,19?,24?;;/m0../s1. The summed E-state index contributed by atoms with van der Waals surface area (Å²) in [6.07, 6.45) is 5.54. The first-order valence-corrected chi connectivity index (χ1v) is 13.1. The van der Waals surface area contributed by atoms with Crippen LogP contribution in [0.2, 0.25) is 0 Å². The zero-order valence-electron chi connectivity index (χ0n) is 20.7. The van der Waals surface area contributed by atoms with Crippen LogP contribution in [0, 0.1) is 23.7 Å². The summed E-state index contributed by atoms with van der Waals surface area (Å²) in [6, 6.07) is 6.15. The number of nitrogens with one attached hydrogen (secondary N) is 3. The van der Waals surface area contributed by atoms with Gasteiger partial charge in [-0.3, -0.25) is 4.79 Å². The summed E-state index contributed by atoms with van der Waals surface area (Å²) < 4.78 is 33.6. The second-order valence-electron chi connectivity index (χ2n) is 11.6. The lowest BCUT2D eigenvalue weighted by atomic mass is 9.53. The summed E-state index contributed by atoms with van der Waals surface area (Å²) in [5, 5.41) is 21.8. The number of imidazole rings is 1. The summed E-state index contributed by atoms with van der Waals surface area (Å²) in [6.45, 7) is 3.23. The average Bonchev–Trinajstić information content (AvgIpc) is 3.43. The lowest BCUT2D eigenvalue weighted by molar-refractivity contribution is -0.903. The smallest absolute Gasteiger partial charge is 0.430 e. The number of nitrogens with zero attached hydrogens (tertiary/aromatic N) is 1. The molecule has 204 valence electrons. The number of hydrogen-bond donors (Lipinski definition) is 4. The molecule has 7 rings (SSSR count). The molecule has 11 heteroatoms. The molecule has 1 saturated heterocycles. The highest BCUT2D eigenvalue weighted by Gasteiger charge is 2.52. The Morgan fingerprint density at radius 2 is 1.81 bits per heavy atom. The first-order valence-electron chi connectivity index (χ1n) is 13.1. The summed E-state index contributed by atoms with van der Waals surface area (Å²) in [5.41, 5.74) is 2.24. The summed E-state index contributed by atoms with van der Waals surface area (Å²) in [5.74, 6) is 0.568. The molecule has 5 fully saturated rings. The normalized spacial score (nSPS) is 32.3. The van der Waals surface area contributed by atoms with Crippen LogP contribution in [0.4, 0.5) is 13.2 Å². The van der Waals surface area contributed by atoms with E-state index in [9.17, 15) is 23.1 Å². The lowest BCUT2D eigenvalue weighted by Gasteiger charge is -2.56. The summed E-state index contributed by atoms with van der Waals surface area (Å²) >= 11 is 0. The number of rotatable bonds is 5. The molecule has 4 aliphatic carbocycles. The zero-order chi connectivity index (χ0) is 26.4. The summed E-state index contributed by atoms with van der Waals surface area (Å²) in [7, 11) is 0. The van der Waals surface area contributed by atoms with Crippen molar-refractivity contribution in [1.82, 2.24) is 10.3 Å². The number of carbonyl (C=O) groups is 2. The van der Waals surface area contributed by atoms with E-state index in [2.05, 4.69) is 16.4 Å². The second kappa shape index (κ2) is 9.90. The minimum Gasteiger partial charge on any atom is -0.542 e. The Morgan fingerprint density at radius 1 is 1.19 bits per heavy atom. The molecule has 2 atom stereocenters. The molecule has 3 heterocycles. The average molecular weight is 526 g/mol. The number of hydrogen-bond acceptors (Lipinski definition) is 4. The molecule has 2 aromatic heterocycles. The van der Waals surface area contributed by atoms with Gasteiger partial charge in [0.15, 0.2) is 5.52 Å². The third-order valence-electron chi connectivity index (χ3n) is 8.71. The number of alkyl halides is 3. The molecule has 1 unspecified atom stereocenters. The van der Waals surface area contributed by atoms with Gasteiger partial charge in [0.1, 0.15) is 12.5 Å². The van der Waals surface area contributed by atoms with E-state index in [4.69, 9.17) is 9.90 Å². The Balaban J connectivity index is 0.000000375. The minimum atomic E-state index is -5.19. The third-order valence-corrected chi connectivity index (χ3v) is 8.71. The van der Waals surface area contributed by atoms with Gasteiger partial charge < -0.3 is 25.2 Å². The van der Waals surface area contributed by atoms with Gasteiger partial charge in [-0.05, 0) is 68.4 Å². The molecule has 0 spiro atoms. The monoisotopic (exact) mass is 525 g/mol. The SMILES string of the molecule is O=C(NC12CC3CC(CC(C3)C1)C2)c1[nH]c(C[NH+]2CC[C@H](CO)C2)c2cccc[n+]12.O=C([O-])C(F)(F)F.[HH]. The minimum absolute atomic E-state index is 0. The zero-order valence-corrected chi connectivity index (χ0v) is 20.7. The van der Waals surface area contributed by atoms with E-state index in [1.165, 1.54) is 43.4 Å². The number of aliphatic carboxylic acids is 1. The largest absolute Gasteiger partial charge is 0.542 e. The van der Waals surface area contributed by atoms with Gasteiger partial charge in [-0.15, -0.1) is 0 Å². The number of likely N-dealkylation sites (tertiary alicyclic amines) is 1. The van der Waals surface area contributed by atoms with Crippen molar-refractivity contribution < 1.29 is 43.7 Å². The molecule has 4 saturated carbocycles. The van der Waals surface area contributed by atoms with Crippen LogP contribution in [-0.4, -0.2) is 53.4 Å². The van der Waals surface area contributed by atoms with E-state index in [1.54, 1.807) is 0 Å². The number of amides is 1. The van der Waals surface area contributed by atoms with Gasteiger partial charge in [-0.25, -0.2) is 4.98 Å². The number of pyridine rings is 1. The van der Waals surface area contributed by atoms with E-state index >= 15 is 0 Å². The van der Waals surface area contributed by atoms with Gasteiger partial charge in [0.2, 0.25) is 5.69 Å². The van der Waals surface area contributed by atoms with E-state index in [1.807, 2.05) is 22.7 Å². The molecule has 2 aromatic rings. The highest BCUT2D eigenvalue weighted by atomic mass is 19.4. The number of aromatic nitrogens is 2. The van der Waals surface area contributed by atoms with Gasteiger partial charge >= 0.3 is 17.9 Å². The van der Waals surface area contributed by atoms with Crippen molar-refractivity contribution in [1.29, 1.82) is 0 Å². The number of aliphatic hydroxyl groups excluding tert-OH is 1. The number of carboxylic acid groups (broad SMARTS) is 1. The number of fused-ring (bicyclic) bond motifs is 1. The number of aromatic amines is 1. The van der Waals surface area contributed by atoms with Crippen LogP contribution in [0.1, 0.15) is 62.7 Å². The Hall–Kier alpha value is -2.66. The number of carbonyl (C=O) groups excluding carboxylic acids is 2. The predicted octanol–water partition coefficient (Wildman–Crippen LogP) is 0.394. The van der Waals surface area contributed by atoms with Gasteiger partial charge in [0.25, 0.3) is 0 Å². The van der Waals surface area contributed by atoms with Crippen LogP contribution in [0.5, 0.6) is 0 Å². The van der Waals surface area contributed by atoms with Crippen molar-refractivity contribution in [3.63, 3.8) is 0 Å². The van der Waals surface area contributed by atoms with Crippen LogP contribution in [-0.2, 0) is 11.3 Å². The Morgan fingerprint density at radius 3 is 2.35 bits per heavy atom. The Labute approximate surface area is 214 Å². The maximum atomic E-state index is 13.5. The molecule has 8 nitrogen and oxygen atoms in total. The Bertz CT molecular complexity index is 1140. The van der Waals surface area contributed by atoms with Gasteiger partial charge in [0.05, 0.1) is 25.9 Å². The van der Waals surface area contributed by atoms with Crippen LogP contribution in [0.25, 0.3) is 5.52 Å². The highest BCUT2D eigenvalue weighted by Crippen LogP contribution is 2.55. The first-order chi connectivity index (χ1) is 17.5. The predicted molar refractivity (Wildman–Crippen MR) is 125 cm³/mol. The quantitative estimate of drug-likeness (QED) is 0.423. The van der Waals surface area contributed by atoms with Crippen molar-refractivity contribution in [3.8, 4) is 0 Å². The fraction of sp³-hybridized carbons (Fsp3) is 0.654. The maximum absolute atomic E-state index is 13.5. The van der Waals surface area contributed by atoms with Crippen molar-refractivity contribution >= 4 is 17.4 Å². The van der Waals surface area contributed by atoms with Gasteiger partial charge in [0, 0.05) is 19.3 Å². The molecule has 37 heavy (non-hydrogen) atoms. The van der Waals surface area contributed by atoms with E-state index in [0.717, 1.165) is 55.0 Å². The molecular formula is C26H36F3N4O4+. The lowest BCUT2D eigenvalue weighted by Crippen LogP contribution is -3.09. The molecular weight excluding hydrogens is 489 g/mol. The number of aliphatic hydroxyl groups is 1. The topological polar surface area (TPSA) is 114 Å². The van der Waals surface area contributed by atoms with Crippen molar-refractivity contribution in [2.24, 2.45) is 23.7 Å². The van der Waals surface area contributed by atoms with E-state index in [-0.39, 0.29) is 19.5 Å². The van der Waals surface area contributed by atoms with Crippen molar-refractivity contribution in [2.75, 3.05) is 19.7 Å². The maximum Gasteiger partial charge on any atom is 0.430 e. The third kappa shape index (κ3) is 5.47. The molecule has 0 aromatic carbocycles. The molecule has 0 radical (unpaired) electrons. The van der Waals surface area contributed by atoms with Crippen molar-refractivity contribution in [3.05, 3.63) is 35.9 Å². The molecule has 5 aliphatic rings. The van der Waals surface area contributed by atoms with Crippen LogP contribution >= 0.6 is 0 Å². The van der Waals surface area contributed by atoms with Gasteiger partial charge in [-0.2, -0.15) is 17.6 Å². The number of quaternary nitrogens is 1. The molecule has 4 N–H and O–H groups in total. The van der Waals surface area contributed by atoms with E-state index in [0.29, 0.717) is 11.7 Å². The fourth-order valence-corrected chi connectivity index (χ4v) is 7.60. The highest BCUT2D eigenvalue weighted by molar-refractivity contribution is 5.90. The van der Waals surface area contributed by atoms with Gasteiger partial charge in [-0.1, -0.05) is 6.07 Å². The molecule has 1 amide bonds.